The second-order valence-electron chi connectivity index (χ2n) is 8.57. The van der Waals surface area contributed by atoms with Crippen LogP contribution in [0.4, 0.5) is 0 Å². The molecule has 0 bridgehead atoms. The molecule has 2 unspecified atom stereocenters. The van der Waals surface area contributed by atoms with Crippen molar-refractivity contribution in [2.45, 2.75) is 57.9 Å². The zero-order valence-corrected chi connectivity index (χ0v) is 17.1. The lowest BCUT2D eigenvalue weighted by Gasteiger charge is -2.44. The number of carbonyl (C=O) groups excluding carboxylic acids is 1. The van der Waals surface area contributed by atoms with Crippen LogP contribution in [0.25, 0.3) is 5.69 Å². The lowest BCUT2D eigenvalue weighted by molar-refractivity contribution is 0.0575. The number of nitrogens with zero attached hydrogens (tertiary/aromatic N) is 3. The summed E-state index contributed by atoms with van der Waals surface area (Å²) in [4.78, 5) is 15.5. The van der Waals surface area contributed by atoms with Gasteiger partial charge in [-0.3, -0.25) is 4.79 Å². The molecule has 2 saturated heterocycles. The average molecular weight is 381 g/mol. The number of carbonyl (C=O) groups is 1. The molecule has 150 valence electrons. The summed E-state index contributed by atoms with van der Waals surface area (Å²) < 4.78 is 1.91. The van der Waals surface area contributed by atoms with Gasteiger partial charge in [-0.15, -0.1) is 0 Å². The molecule has 0 radical (unpaired) electrons. The van der Waals surface area contributed by atoms with Crippen molar-refractivity contribution < 1.29 is 4.79 Å². The minimum atomic E-state index is -0.0514. The van der Waals surface area contributed by atoms with E-state index >= 15 is 0 Å². The van der Waals surface area contributed by atoms with Crippen LogP contribution in [0.2, 0.25) is 0 Å². The number of hydrogen-bond donors (Lipinski definition) is 1. The molecule has 2 fully saturated rings. The fourth-order valence-electron chi connectivity index (χ4n) is 4.82. The Morgan fingerprint density at radius 2 is 1.93 bits per heavy atom. The quantitative estimate of drug-likeness (QED) is 0.853. The molecule has 2 aromatic rings. The van der Waals surface area contributed by atoms with Crippen molar-refractivity contribution in [1.82, 2.24) is 20.0 Å². The van der Waals surface area contributed by atoms with Gasteiger partial charge in [0, 0.05) is 18.3 Å². The number of hydrogen-bond acceptors (Lipinski definition) is 3. The SMILES string of the molecule is CC(C)c1cc(C(=O)NCC2CCCN3CCCCC23)nn1-c1ccccc1. The third-order valence-corrected chi connectivity index (χ3v) is 6.32. The molecule has 0 saturated carbocycles. The van der Waals surface area contributed by atoms with Crippen LogP contribution in [0.15, 0.2) is 36.4 Å². The van der Waals surface area contributed by atoms with Crippen molar-refractivity contribution >= 4 is 5.91 Å². The lowest BCUT2D eigenvalue weighted by Crippen LogP contribution is -2.51. The first-order valence-corrected chi connectivity index (χ1v) is 10.8. The molecule has 2 aliphatic rings. The molecular weight excluding hydrogens is 348 g/mol. The molecule has 1 N–H and O–H groups in total. The van der Waals surface area contributed by atoms with Crippen LogP contribution in [0.5, 0.6) is 0 Å². The molecule has 5 heteroatoms. The number of aromatic nitrogens is 2. The smallest absolute Gasteiger partial charge is 0.271 e. The molecule has 2 aliphatic heterocycles. The first-order valence-electron chi connectivity index (χ1n) is 10.8. The van der Waals surface area contributed by atoms with Crippen LogP contribution in [-0.4, -0.2) is 46.3 Å². The van der Waals surface area contributed by atoms with E-state index in [-0.39, 0.29) is 5.91 Å². The lowest BCUT2D eigenvalue weighted by atomic mass is 9.83. The van der Waals surface area contributed by atoms with Crippen molar-refractivity contribution in [1.29, 1.82) is 0 Å². The van der Waals surface area contributed by atoms with Crippen LogP contribution in [-0.2, 0) is 0 Å². The number of fused-ring (bicyclic) bond motifs is 1. The standard InChI is InChI=1S/C23H32N4O/c1-17(2)22-15-20(25-27(22)19-10-4-3-5-11-19)23(28)24-16-18-9-8-14-26-13-7-6-12-21(18)26/h3-5,10-11,15,17-18,21H,6-9,12-14,16H2,1-2H3,(H,24,28). The minimum Gasteiger partial charge on any atom is -0.350 e. The second-order valence-corrected chi connectivity index (χ2v) is 8.57. The van der Waals surface area contributed by atoms with Crippen molar-refractivity contribution in [2.24, 2.45) is 5.92 Å². The first-order chi connectivity index (χ1) is 13.6. The van der Waals surface area contributed by atoms with Crippen LogP contribution in [0.1, 0.15) is 68.1 Å². The van der Waals surface area contributed by atoms with E-state index in [0.29, 0.717) is 23.6 Å². The third kappa shape index (κ3) is 4.00. The van der Waals surface area contributed by atoms with Crippen LogP contribution in [0.3, 0.4) is 0 Å². The summed E-state index contributed by atoms with van der Waals surface area (Å²) in [6, 6.07) is 12.6. The summed E-state index contributed by atoms with van der Waals surface area (Å²) in [5, 5.41) is 7.83. The third-order valence-electron chi connectivity index (χ3n) is 6.32. The number of piperidine rings is 2. The Morgan fingerprint density at radius 1 is 1.14 bits per heavy atom. The molecule has 5 nitrogen and oxygen atoms in total. The normalized spacial score (nSPS) is 22.8. The Kier molecular flexibility index (Phi) is 5.81. The highest BCUT2D eigenvalue weighted by Gasteiger charge is 2.33. The van der Waals surface area contributed by atoms with Gasteiger partial charge in [-0.25, -0.2) is 4.68 Å². The van der Waals surface area contributed by atoms with Gasteiger partial charge < -0.3 is 10.2 Å². The maximum absolute atomic E-state index is 12.9. The van der Waals surface area contributed by atoms with Crippen molar-refractivity contribution in [3.8, 4) is 5.69 Å². The number of nitrogens with one attached hydrogen (secondary N) is 1. The molecule has 1 amide bonds. The van der Waals surface area contributed by atoms with Crippen molar-refractivity contribution in [2.75, 3.05) is 19.6 Å². The number of para-hydroxylation sites is 1. The Morgan fingerprint density at radius 3 is 2.71 bits per heavy atom. The van der Waals surface area contributed by atoms with Gasteiger partial charge in [0.15, 0.2) is 5.69 Å². The number of amides is 1. The maximum Gasteiger partial charge on any atom is 0.271 e. The highest BCUT2D eigenvalue weighted by molar-refractivity contribution is 5.92. The van der Waals surface area contributed by atoms with E-state index in [1.165, 1.54) is 45.2 Å². The highest BCUT2D eigenvalue weighted by atomic mass is 16.1. The molecule has 1 aromatic heterocycles. The van der Waals surface area contributed by atoms with Gasteiger partial charge in [0.05, 0.1) is 5.69 Å². The summed E-state index contributed by atoms with van der Waals surface area (Å²) in [5.74, 6) is 0.812. The monoisotopic (exact) mass is 380 g/mol. The molecule has 0 spiro atoms. The fourth-order valence-corrected chi connectivity index (χ4v) is 4.82. The molecule has 0 aliphatic carbocycles. The number of benzene rings is 1. The van der Waals surface area contributed by atoms with Gasteiger partial charge in [0.2, 0.25) is 0 Å². The average Bonchev–Trinajstić information content (AvgIpc) is 3.18. The van der Waals surface area contributed by atoms with Gasteiger partial charge in [-0.05, 0) is 68.8 Å². The topological polar surface area (TPSA) is 50.2 Å². The Bertz CT molecular complexity index is 796. The zero-order valence-electron chi connectivity index (χ0n) is 17.1. The fraction of sp³-hybridized carbons (Fsp3) is 0.565. The molecule has 28 heavy (non-hydrogen) atoms. The zero-order chi connectivity index (χ0) is 19.5. The predicted molar refractivity (Wildman–Crippen MR) is 112 cm³/mol. The van der Waals surface area contributed by atoms with E-state index in [2.05, 4.69) is 29.2 Å². The molecule has 1 aromatic carbocycles. The van der Waals surface area contributed by atoms with Gasteiger partial charge in [-0.2, -0.15) is 5.10 Å². The Labute approximate surface area is 168 Å². The number of rotatable bonds is 5. The van der Waals surface area contributed by atoms with Crippen LogP contribution >= 0.6 is 0 Å². The Hall–Kier alpha value is -2.14. The van der Waals surface area contributed by atoms with Crippen molar-refractivity contribution in [3.05, 3.63) is 47.8 Å². The van der Waals surface area contributed by atoms with Gasteiger partial charge in [0.25, 0.3) is 5.91 Å². The van der Waals surface area contributed by atoms with Gasteiger partial charge in [-0.1, -0.05) is 38.5 Å². The van der Waals surface area contributed by atoms with Crippen LogP contribution < -0.4 is 5.32 Å². The summed E-state index contributed by atoms with van der Waals surface area (Å²) >= 11 is 0. The van der Waals surface area contributed by atoms with E-state index < -0.39 is 0 Å². The summed E-state index contributed by atoms with van der Waals surface area (Å²) in [7, 11) is 0. The first kappa shape index (κ1) is 19.2. The van der Waals surface area contributed by atoms with Crippen LogP contribution in [0, 0.1) is 5.92 Å². The second kappa shape index (κ2) is 8.48. The largest absolute Gasteiger partial charge is 0.350 e. The minimum absolute atomic E-state index is 0.0514. The highest BCUT2D eigenvalue weighted by Crippen LogP contribution is 2.30. The Balaban J connectivity index is 1.46. The van der Waals surface area contributed by atoms with E-state index in [1.807, 2.05) is 41.1 Å². The van der Waals surface area contributed by atoms with E-state index in [4.69, 9.17) is 0 Å². The van der Waals surface area contributed by atoms with E-state index in [0.717, 1.165) is 17.9 Å². The predicted octanol–water partition coefficient (Wildman–Crippen LogP) is 3.99. The molecule has 3 heterocycles. The molecule has 4 rings (SSSR count). The van der Waals surface area contributed by atoms with Crippen molar-refractivity contribution in [3.63, 3.8) is 0 Å². The van der Waals surface area contributed by atoms with E-state index in [9.17, 15) is 4.79 Å². The van der Waals surface area contributed by atoms with E-state index in [1.54, 1.807) is 0 Å². The maximum atomic E-state index is 12.9. The summed E-state index contributed by atoms with van der Waals surface area (Å²) in [5.41, 5.74) is 2.58. The molecule has 2 atom stereocenters. The van der Waals surface area contributed by atoms with Gasteiger partial charge in [0.1, 0.15) is 0 Å². The summed E-state index contributed by atoms with van der Waals surface area (Å²) in [6.45, 7) is 7.49. The summed E-state index contributed by atoms with van der Waals surface area (Å²) in [6.07, 6.45) is 6.39. The van der Waals surface area contributed by atoms with Gasteiger partial charge >= 0.3 is 0 Å². The molecular formula is C23H32N4O.